The quantitative estimate of drug-likeness (QED) is 0.646. The number of pyridine rings is 1. The van der Waals surface area contributed by atoms with E-state index >= 15 is 0 Å². The lowest BCUT2D eigenvalue weighted by molar-refractivity contribution is 0.799. The van der Waals surface area contributed by atoms with Crippen molar-refractivity contribution in [3.63, 3.8) is 0 Å². The van der Waals surface area contributed by atoms with Crippen molar-refractivity contribution in [1.82, 2.24) is 15.6 Å². The number of nitrogens with zero attached hydrogens (tertiary/aromatic N) is 2. The third-order valence-corrected chi connectivity index (χ3v) is 2.77. The Hall–Kier alpha value is -2.36. The fourth-order valence-corrected chi connectivity index (χ4v) is 1.77. The third kappa shape index (κ3) is 4.72. The van der Waals surface area contributed by atoms with Crippen LogP contribution in [0.2, 0.25) is 0 Å². The summed E-state index contributed by atoms with van der Waals surface area (Å²) in [6, 6.07) is 16.1. The van der Waals surface area contributed by atoms with Crippen molar-refractivity contribution in [2.24, 2.45) is 4.99 Å². The average Bonchev–Trinajstić information content (AvgIpc) is 2.52. The van der Waals surface area contributed by atoms with Crippen molar-refractivity contribution < 1.29 is 0 Å². The number of benzene rings is 1. The molecule has 0 saturated carbocycles. The molecule has 0 unspecified atom stereocenters. The molecule has 0 fully saturated rings. The zero-order valence-corrected chi connectivity index (χ0v) is 11.7. The van der Waals surface area contributed by atoms with E-state index in [4.69, 9.17) is 0 Å². The number of hydrogen-bond acceptors (Lipinski definition) is 2. The van der Waals surface area contributed by atoms with E-state index in [2.05, 4.69) is 39.7 Å². The summed E-state index contributed by atoms with van der Waals surface area (Å²) >= 11 is 0. The first-order valence-corrected chi connectivity index (χ1v) is 6.84. The molecule has 0 spiro atoms. The topological polar surface area (TPSA) is 49.3 Å². The number of rotatable bonds is 5. The highest BCUT2D eigenvalue weighted by molar-refractivity contribution is 5.79. The molecule has 104 valence electrons. The van der Waals surface area contributed by atoms with Crippen molar-refractivity contribution in [2.45, 2.75) is 20.0 Å². The minimum absolute atomic E-state index is 0.665. The maximum Gasteiger partial charge on any atom is 0.191 e. The molecule has 0 atom stereocenters. The van der Waals surface area contributed by atoms with Gasteiger partial charge < -0.3 is 10.6 Å². The van der Waals surface area contributed by atoms with Crippen LogP contribution in [0.5, 0.6) is 0 Å². The minimum atomic E-state index is 0.665. The van der Waals surface area contributed by atoms with Gasteiger partial charge in [-0.15, -0.1) is 0 Å². The Balaban J connectivity index is 1.92. The van der Waals surface area contributed by atoms with E-state index in [1.54, 1.807) is 6.20 Å². The van der Waals surface area contributed by atoms with Crippen molar-refractivity contribution in [2.75, 3.05) is 6.54 Å². The van der Waals surface area contributed by atoms with Gasteiger partial charge >= 0.3 is 0 Å². The van der Waals surface area contributed by atoms with Gasteiger partial charge in [-0.05, 0) is 24.6 Å². The minimum Gasteiger partial charge on any atom is -0.357 e. The summed E-state index contributed by atoms with van der Waals surface area (Å²) < 4.78 is 0. The number of aliphatic imine (C=N–C) groups is 1. The van der Waals surface area contributed by atoms with Crippen LogP contribution in [0.3, 0.4) is 0 Å². The molecular weight excluding hydrogens is 248 g/mol. The monoisotopic (exact) mass is 268 g/mol. The summed E-state index contributed by atoms with van der Waals surface area (Å²) in [4.78, 5) is 8.85. The third-order valence-electron chi connectivity index (χ3n) is 2.77. The molecule has 0 bridgehead atoms. The lowest BCUT2D eigenvalue weighted by Crippen LogP contribution is -2.36. The second kappa shape index (κ2) is 7.94. The van der Waals surface area contributed by atoms with Gasteiger partial charge in [0.05, 0.1) is 18.8 Å². The number of guanidine groups is 1. The Morgan fingerprint density at radius 2 is 1.85 bits per heavy atom. The summed E-state index contributed by atoms with van der Waals surface area (Å²) in [5.41, 5.74) is 2.19. The Labute approximate surface area is 120 Å². The number of nitrogens with one attached hydrogen (secondary N) is 2. The Morgan fingerprint density at radius 3 is 2.55 bits per heavy atom. The Morgan fingerprint density at radius 1 is 1.05 bits per heavy atom. The van der Waals surface area contributed by atoms with Gasteiger partial charge in [0, 0.05) is 12.7 Å². The fraction of sp³-hybridized carbons (Fsp3) is 0.250. The molecule has 0 saturated heterocycles. The van der Waals surface area contributed by atoms with Crippen LogP contribution in [0.25, 0.3) is 0 Å². The largest absolute Gasteiger partial charge is 0.357 e. The van der Waals surface area contributed by atoms with Crippen molar-refractivity contribution in [3.8, 4) is 0 Å². The number of aromatic nitrogens is 1. The molecule has 0 aliphatic heterocycles. The van der Waals surface area contributed by atoms with Gasteiger partial charge in [-0.25, -0.2) is 4.99 Å². The normalized spacial score (nSPS) is 11.2. The fourth-order valence-electron chi connectivity index (χ4n) is 1.77. The molecule has 2 N–H and O–H groups in total. The van der Waals surface area contributed by atoms with Crippen molar-refractivity contribution in [1.29, 1.82) is 0 Å². The molecule has 20 heavy (non-hydrogen) atoms. The molecule has 1 aromatic carbocycles. The van der Waals surface area contributed by atoms with Gasteiger partial charge in [0.25, 0.3) is 0 Å². The smallest absolute Gasteiger partial charge is 0.191 e. The van der Waals surface area contributed by atoms with E-state index in [1.807, 2.05) is 36.4 Å². The van der Waals surface area contributed by atoms with Crippen LogP contribution in [-0.2, 0) is 13.1 Å². The SMILES string of the molecule is CCNC(=NCc1ccccc1)NCc1ccccn1. The molecule has 1 aromatic heterocycles. The van der Waals surface area contributed by atoms with Gasteiger partial charge in [-0.1, -0.05) is 36.4 Å². The maximum atomic E-state index is 4.57. The summed E-state index contributed by atoms with van der Waals surface area (Å²) in [6.07, 6.45) is 1.80. The van der Waals surface area contributed by atoms with Gasteiger partial charge in [0.15, 0.2) is 5.96 Å². The number of hydrogen-bond donors (Lipinski definition) is 2. The zero-order valence-electron chi connectivity index (χ0n) is 11.7. The van der Waals surface area contributed by atoms with Crippen LogP contribution in [0.4, 0.5) is 0 Å². The molecule has 0 aliphatic rings. The lowest BCUT2D eigenvalue weighted by atomic mass is 10.2. The summed E-state index contributed by atoms with van der Waals surface area (Å²) in [6.45, 7) is 4.23. The van der Waals surface area contributed by atoms with Crippen LogP contribution in [0.15, 0.2) is 59.7 Å². The molecule has 2 aromatic rings. The average molecular weight is 268 g/mol. The van der Waals surface area contributed by atoms with Crippen molar-refractivity contribution >= 4 is 5.96 Å². The highest BCUT2D eigenvalue weighted by Gasteiger charge is 1.98. The Kier molecular flexibility index (Phi) is 5.58. The highest BCUT2D eigenvalue weighted by Crippen LogP contribution is 2.00. The molecular formula is C16H20N4. The van der Waals surface area contributed by atoms with Gasteiger partial charge in [-0.3, -0.25) is 4.98 Å². The van der Waals surface area contributed by atoms with E-state index in [-0.39, 0.29) is 0 Å². The van der Waals surface area contributed by atoms with Crippen molar-refractivity contribution in [3.05, 3.63) is 66.0 Å². The standard InChI is InChI=1S/C16H20N4/c1-2-17-16(19-12-14-8-4-3-5-9-14)20-13-15-10-6-7-11-18-15/h3-11H,2,12-13H2,1H3,(H2,17,19,20). The molecule has 0 aliphatic carbocycles. The highest BCUT2D eigenvalue weighted by atomic mass is 15.2. The molecule has 1 heterocycles. The van der Waals surface area contributed by atoms with E-state index in [9.17, 15) is 0 Å². The summed E-state index contributed by atoms with van der Waals surface area (Å²) in [5, 5.41) is 6.52. The molecule has 0 amide bonds. The molecule has 4 nitrogen and oxygen atoms in total. The molecule has 4 heteroatoms. The summed E-state index contributed by atoms with van der Waals surface area (Å²) in [7, 11) is 0. The van der Waals surface area contributed by atoms with Gasteiger partial charge in [-0.2, -0.15) is 0 Å². The maximum absolute atomic E-state index is 4.57. The Bertz CT molecular complexity index is 523. The molecule has 0 radical (unpaired) electrons. The first-order chi connectivity index (χ1) is 9.88. The van der Waals surface area contributed by atoms with E-state index in [1.165, 1.54) is 5.56 Å². The van der Waals surface area contributed by atoms with E-state index in [0.29, 0.717) is 13.1 Å². The predicted molar refractivity (Wildman–Crippen MR) is 82.3 cm³/mol. The van der Waals surface area contributed by atoms with Crippen LogP contribution < -0.4 is 10.6 Å². The second-order valence-corrected chi connectivity index (χ2v) is 4.36. The van der Waals surface area contributed by atoms with Gasteiger partial charge in [0.1, 0.15) is 0 Å². The first-order valence-electron chi connectivity index (χ1n) is 6.84. The first kappa shape index (κ1) is 14.1. The second-order valence-electron chi connectivity index (χ2n) is 4.36. The van der Waals surface area contributed by atoms with Crippen LogP contribution in [0.1, 0.15) is 18.2 Å². The van der Waals surface area contributed by atoms with Crippen LogP contribution in [-0.4, -0.2) is 17.5 Å². The predicted octanol–water partition coefficient (Wildman–Crippen LogP) is 2.34. The van der Waals surface area contributed by atoms with Gasteiger partial charge in [0.2, 0.25) is 0 Å². The zero-order chi connectivity index (χ0) is 14.0. The van der Waals surface area contributed by atoms with E-state index in [0.717, 1.165) is 18.2 Å². The van der Waals surface area contributed by atoms with E-state index < -0.39 is 0 Å². The van der Waals surface area contributed by atoms with Crippen LogP contribution >= 0.6 is 0 Å². The van der Waals surface area contributed by atoms with Crippen LogP contribution in [0, 0.1) is 0 Å². The molecule has 2 rings (SSSR count). The lowest BCUT2D eigenvalue weighted by Gasteiger charge is -2.10. The summed E-state index contributed by atoms with van der Waals surface area (Å²) in [5.74, 6) is 0.807.